The molecule has 0 saturated carbocycles. The third-order valence-corrected chi connectivity index (χ3v) is 3.61. The van der Waals surface area contributed by atoms with Crippen LogP contribution in [-0.2, 0) is 9.53 Å². The molecule has 1 aromatic rings. The Balaban J connectivity index is 1.90. The number of hydrogen-bond donors (Lipinski definition) is 3. The van der Waals surface area contributed by atoms with Crippen molar-refractivity contribution in [1.82, 2.24) is 0 Å². The molecule has 2 aliphatic heterocycles. The molecule has 1 fully saturated rings. The van der Waals surface area contributed by atoms with E-state index < -0.39 is 12.0 Å². The van der Waals surface area contributed by atoms with Crippen LogP contribution in [0.25, 0.3) is 0 Å². The number of nitrogens with one attached hydrogen (secondary N) is 1. The first-order valence-corrected chi connectivity index (χ1v) is 6.29. The second-order valence-corrected chi connectivity index (χ2v) is 4.77. The molecule has 102 valence electrons. The maximum absolute atomic E-state index is 11.4. The van der Waals surface area contributed by atoms with Crippen LogP contribution in [0, 0.1) is 0 Å². The molecule has 6 heteroatoms. The smallest absolute Gasteiger partial charge is 0.257 e. The van der Waals surface area contributed by atoms with Crippen LogP contribution >= 0.6 is 0 Å². The quantitative estimate of drug-likeness (QED) is 0.693. The Hall–Kier alpha value is -1.63. The number of aliphatic hydroxyl groups excluding tert-OH is 2. The Bertz CT molecular complexity index is 505. The predicted molar refractivity (Wildman–Crippen MR) is 69.1 cm³/mol. The summed E-state index contributed by atoms with van der Waals surface area (Å²) in [6.45, 7) is 1.82. The minimum absolute atomic E-state index is 0.0199. The highest BCUT2D eigenvalue weighted by atomic mass is 16.5. The number of aliphatic hydroxyl groups is 2. The standard InChI is InChI=1S/C13H16N2O4/c16-6-9-7-19-4-3-15(9)8-1-2-10-11(5-8)14-13(18)12(10)17/h1-2,5,9,12,16-17H,3-4,6-7H2,(H,14,18). The fourth-order valence-corrected chi connectivity index (χ4v) is 2.56. The van der Waals surface area contributed by atoms with Gasteiger partial charge in [0.05, 0.1) is 25.9 Å². The van der Waals surface area contributed by atoms with Gasteiger partial charge in [-0.3, -0.25) is 4.79 Å². The average Bonchev–Trinajstić information content (AvgIpc) is 2.73. The number of rotatable bonds is 2. The second kappa shape index (κ2) is 4.80. The zero-order valence-corrected chi connectivity index (χ0v) is 10.4. The first-order chi connectivity index (χ1) is 9.20. The van der Waals surface area contributed by atoms with Gasteiger partial charge in [0.15, 0.2) is 6.10 Å². The number of fused-ring (bicyclic) bond motifs is 1. The number of nitrogens with zero attached hydrogens (tertiary/aromatic N) is 1. The van der Waals surface area contributed by atoms with Crippen molar-refractivity contribution >= 4 is 17.3 Å². The normalized spacial score (nSPS) is 26.2. The largest absolute Gasteiger partial charge is 0.394 e. The highest BCUT2D eigenvalue weighted by Crippen LogP contribution is 2.34. The van der Waals surface area contributed by atoms with Crippen LogP contribution in [0.4, 0.5) is 11.4 Å². The molecule has 2 atom stereocenters. The molecule has 19 heavy (non-hydrogen) atoms. The van der Waals surface area contributed by atoms with E-state index in [0.717, 1.165) is 5.69 Å². The maximum atomic E-state index is 11.4. The van der Waals surface area contributed by atoms with Crippen molar-refractivity contribution in [2.24, 2.45) is 0 Å². The molecule has 6 nitrogen and oxygen atoms in total. The molecule has 1 saturated heterocycles. The molecule has 0 radical (unpaired) electrons. The van der Waals surface area contributed by atoms with E-state index in [-0.39, 0.29) is 12.6 Å². The van der Waals surface area contributed by atoms with Gasteiger partial charge in [-0.15, -0.1) is 0 Å². The van der Waals surface area contributed by atoms with Gasteiger partial charge in [-0.1, -0.05) is 6.07 Å². The van der Waals surface area contributed by atoms with Crippen molar-refractivity contribution in [2.75, 3.05) is 36.6 Å². The first kappa shape index (κ1) is 12.4. The zero-order valence-electron chi connectivity index (χ0n) is 10.4. The highest BCUT2D eigenvalue weighted by molar-refractivity contribution is 6.02. The average molecular weight is 264 g/mol. The van der Waals surface area contributed by atoms with Crippen molar-refractivity contribution in [3.05, 3.63) is 23.8 Å². The molecular formula is C13H16N2O4. The number of carbonyl (C=O) groups is 1. The summed E-state index contributed by atoms with van der Waals surface area (Å²) in [5, 5.41) is 21.7. The van der Waals surface area contributed by atoms with Crippen molar-refractivity contribution in [3.63, 3.8) is 0 Å². The molecule has 2 unspecified atom stereocenters. The van der Waals surface area contributed by atoms with Crippen LogP contribution in [0.1, 0.15) is 11.7 Å². The molecule has 1 amide bonds. The van der Waals surface area contributed by atoms with E-state index in [1.54, 1.807) is 6.07 Å². The lowest BCUT2D eigenvalue weighted by atomic mass is 10.1. The number of ether oxygens (including phenoxy) is 1. The molecule has 3 N–H and O–H groups in total. The van der Waals surface area contributed by atoms with E-state index in [1.807, 2.05) is 12.1 Å². The molecule has 0 aliphatic carbocycles. The Morgan fingerprint density at radius 1 is 1.47 bits per heavy atom. The lowest BCUT2D eigenvalue weighted by Crippen LogP contribution is -2.47. The van der Waals surface area contributed by atoms with E-state index in [0.29, 0.717) is 31.0 Å². The molecule has 2 aliphatic rings. The summed E-state index contributed by atoms with van der Waals surface area (Å²) in [7, 11) is 0. The first-order valence-electron chi connectivity index (χ1n) is 6.29. The third kappa shape index (κ3) is 2.07. The van der Waals surface area contributed by atoms with Gasteiger partial charge in [0, 0.05) is 23.5 Å². The van der Waals surface area contributed by atoms with Gasteiger partial charge < -0.3 is 25.2 Å². The number of benzene rings is 1. The van der Waals surface area contributed by atoms with Gasteiger partial charge in [-0.05, 0) is 12.1 Å². The molecule has 3 rings (SSSR count). The summed E-state index contributed by atoms with van der Waals surface area (Å²) in [6, 6.07) is 5.36. The lowest BCUT2D eigenvalue weighted by Gasteiger charge is -2.36. The Morgan fingerprint density at radius 3 is 3.11 bits per heavy atom. The Morgan fingerprint density at radius 2 is 2.32 bits per heavy atom. The van der Waals surface area contributed by atoms with E-state index in [1.165, 1.54) is 0 Å². The fraction of sp³-hybridized carbons (Fsp3) is 0.462. The topological polar surface area (TPSA) is 82.0 Å². The summed E-state index contributed by atoms with van der Waals surface area (Å²) >= 11 is 0. The van der Waals surface area contributed by atoms with Gasteiger partial charge >= 0.3 is 0 Å². The molecular weight excluding hydrogens is 248 g/mol. The minimum Gasteiger partial charge on any atom is -0.394 e. The number of hydrogen-bond acceptors (Lipinski definition) is 5. The van der Waals surface area contributed by atoms with Crippen molar-refractivity contribution < 1.29 is 19.7 Å². The molecule has 2 heterocycles. The maximum Gasteiger partial charge on any atom is 0.257 e. The monoisotopic (exact) mass is 264 g/mol. The van der Waals surface area contributed by atoms with Gasteiger partial charge in [0.1, 0.15) is 0 Å². The molecule has 0 spiro atoms. The van der Waals surface area contributed by atoms with Crippen LogP contribution in [0.3, 0.4) is 0 Å². The fourth-order valence-electron chi connectivity index (χ4n) is 2.56. The number of anilines is 2. The molecule has 0 aromatic heterocycles. The number of carbonyl (C=O) groups excluding carboxylic acids is 1. The van der Waals surface area contributed by atoms with E-state index >= 15 is 0 Å². The summed E-state index contributed by atoms with van der Waals surface area (Å²) in [4.78, 5) is 13.5. The minimum atomic E-state index is -1.08. The molecule has 1 aromatic carbocycles. The van der Waals surface area contributed by atoms with Gasteiger partial charge in [-0.25, -0.2) is 0 Å². The lowest BCUT2D eigenvalue weighted by molar-refractivity contribution is -0.123. The second-order valence-electron chi connectivity index (χ2n) is 4.77. The third-order valence-electron chi connectivity index (χ3n) is 3.61. The van der Waals surface area contributed by atoms with E-state index in [2.05, 4.69) is 10.2 Å². The van der Waals surface area contributed by atoms with Crippen molar-refractivity contribution in [1.29, 1.82) is 0 Å². The summed E-state index contributed by atoms with van der Waals surface area (Å²) in [5.41, 5.74) is 2.15. The Labute approximate surface area is 110 Å². The van der Waals surface area contributed by atoms with Gasteiger partial charge in [-0.2, -0.15) is 0 Å². The number of morpholine rings is 1. The van der Waals surface area contributed by atoms with E-state index in [9.17, 15) is 15.0 Å². The summed E-state index contributed by atoms with van der Waals surface area (Å²) in [6.07, 6.45) is -1.08. The summed E-state index contributed by atoms with van der Waals surface area (Å²) in [5.74, 6) is -0.396. The van der Waals surface area contributed by atoms with Gasteiger partial charge in [0.2, 0.25) is 0 Å². The van der Waals surface area contributed by atoms with Crippen molar-refractivity contribution in [3.8, 4) is 0 Å². The van der Waals surface area contributed by atoms with Crippen LogP contribution < -0.4 is 10.2 Å². The van der Waals surface area contributed by atoms with Crippen LogP contribution in [-0.4, -0.2) is 48.5 Å². The highest BCUT2D eigenvalue weighted by Gasteiger charge is 2.30. The summed E-state index contributed by atoms with van der Waals surface area (Å²) < 4.78 is 5.34. The Kier molecular flexibility index (Phi) is 3.14. The van der Waals surface area contributed by atoms with Crippen LogP contribution in [0.2, 0.25) is 0 Å². The zero-order chi connectivity index (χ0) is 13.4. The van der Waals surface area contributed by atoms with Crippen LogP contribution in [0.15, 0.2) is 18.2 Å². The SMILES string of the molecule is O=C1Nc2cc(N3CCOCC3CO)ccc2C1O. The number of amides is 1. The van der Waals surface area contributed by atoms with E-state index in [4.69, 9.17) is 4.74 Å². The predicted octanol–water partition coefficient (Wildman–Crippen LogP) is -0.130. The van der Waals surface area contributed by atoms with Gasteiger partial charge in [0.25, 0.3) is 5.91 Å². The van der Waals surface area contributed by atoms with Crippen molar-refractivity contribution in [2.45, 2.75) is 12.1 Å². The molecule has 0 bridgehead atoms. The van der Waals surface area contributed by atoms with Crippen LogP contribution in [0.5, 0.6) is 0 Å².